The number of carbonyl (C=O) groups excluding carboxylic acids is 1. The number of nitrogens with zero attached hydrogens (tertiary/aromatic N) is 2. The summed E-state index contributed by atoms with van der Waals surface area (Å²) in [5.74, 6) is 0.349. The summed E-state index contributed by atoms with van der Waals surface area (Å²) in [5, 5.41) is 9.90. The lowest BCUT2D eigenvalue weighted by atomic mass is 10.0. The summed E-state index contributed by atoms with van der Waals surface area (Å²) >= 11 is 6.70. The molecule has 2 heterocycles. The molecule has 1 saturated heterocycles. The van der Waals surface area contributed by atoms with Crippen molar-refractivity contribution >= 4 is 58.2 Å². The standard InChI is InChI=1S/C25H33N5O3S3/c1-16(2)30(17(3)4)12-11-27-19-5-8-21(9-6-19)36(32,34)33-20-7-10-22-23(13-20)35-25(28-22)29-24(31)18-14-26-15-18/h5-10,13,16-18,26-27H,11-12,14-15H2,1-4H3,(H,28,29,31). The lowest BCUT2D eigenvalue weighted by molar-refractivity contribution is -0.121. The predicted octanol–water partition coefficient (Wildman–Crippen LogP) is 4.08. The van der Waals surface area contributed by atoms with E-state index in [4.69, 9.17) is 15.4 Å². The number of amides is 1. The van der Waals surface area contributed by atoms with E-state index in [9.17, 15) is 9.00 Å². The van der Waals surface area contributed by atoms with Crippen LogP contribution in [-0.4, -0.2) is 58.3 Å². The van der Waals surface area contributed by atoms with E-state index in [-0.39, 0.29) is 11.8 Å². The molecule has 1 atom stereocenters. The smallest absolute Gasteiger partial charge is 0.231 e. The number of nitrogens with one attached hydrogen (secondary N) is 3. The number of fused-ring (bicyclic) bond motifs is 1. The maximum atomic E-state index is 13.2. The minimum atomic E-state index is -3.17. The van der Waals surface area contributed by atoms with Gasteiger partial charge in [-0.2, -0.15) is 0 Å². The van der Waals surface area contributed by atoms with Crippen LogP contribution in [0.25, 0.3) is 10.2 Å². The fourth-order valence-corrected chi connectivity index (χ4v) is 6.44. The zero-order valence-electron chi connectivity index (χ0n) is 20.9. The van der Waals surface area contributed by atoms with Crippen LogP contribution >= 0.6 is 11.3 Å². The average Bonchev–Trinajstić information content (AvgIpc) is 3.16. The van der Waals surface area contributed by atoms with Gasteiger partial charge in [0.05, 0.1) is 21.0 Å². The van der Waals surface area contributed by atoms with E-state index in [1.54, 1.807) is 30.3 Å². The molecule has 3 aromatic rings. The summed E-state index contributed by atoms with van der Waals surface area (Å²) in [6.07, 6.45) is 0. The molecule has 36 heavy (non-hydrogen) atoms. The lowest BCUT2D eigenvalue weighted by Crippen LogP contribution is -2.48. The molecule has 3 N–H and O–H groups in total. The molecule has 1 unspecified atom stereocenters. The van der Waals surface area contributed by atoms with Crippen molar-refractivity contribution in [1.29, 1.82) is 0 Å². The maximum absolute atomic E-state index is 13.2. The van der Waals surface area contributed by atoms with Gasteiger partial charge in [-0.15, -0.1) is 0 Å². The van der Waals surface area contributed by atoms with Crippen molar-refractivity contribution in [2.45, 2.75) is 44.7 Å². The molecule has 4 rings (SSSR count). The van der Waals surface area contributed by atoms with Gasteiger partial charge >= 0.3 is 0 Å². The normalized spacial score (nSPS) is 15.8. The van der Waals surface area contributed by atoms with Crippen LogP contribution in [0.3, 0.4) is 0 Å². The van der Waals surface area contributed by atoms with Crippen molar-refractivity contribution < 1.29 is 13.2 Å². The highest BCUT2D eigenvalue weighted by Crippen LogP contribution is 2.31. The number of hydrogen-bond donors (Lipinski definition) is 3. The number of thiazole rings is 1. The highest BCUT2D eigenvalue weighted by molar-refractivity contribution is 8.30. The summed E-state index contributed by atoms with van der Waals surface area (Å²) in [7, 11) is -3.17. The molecule has 11 heteroatoms. The lowest BCUT2D eigenvalue weighted by Gasteiger charge is -2.30. The van der Waals surface area contributed by atoms with Crippen LogP contribution in [0.2, 0.25) is 0 Å². The first kappa shape index (κ1) is 26.7. The second-order valence-electron chi connectivity index (χ2n) is 9.41. The van der Waals surface area contributed by atoms with Crippen molar-refractivity contribution in [3.63, 3.8) is 0 Å². The van der Waals surface area contributed by atoms with Crippen LogP contribution in [0, 0.1) is 5.92 Å². The number of anilines is 2. The Morgan fingerprint density at radius 2 is 1.89 bits per heavy atom. The summed E-state index contributed by atoms with van der Waals surface area (Å²) in [5.41, 5.74) is 1.67. The van der Waals surface area contributed by atoms with E-state index in [2.05, 4.69) is 53.5 Å². The van der Waals surface area contributed by atoms with Crippen molar-refractivity contribution in [2.24, 2.45) is 5.92 Å². The third-order valence-electron chi connectivity index (χ3n) is 6.12. The highest BCUT2D eigenvalue weighted by Gasteiger charge is 2.25. The van der Waals surface area contributed by atoms with Crippen LogP contribution < -0.4 is 20.1 Å². The third kappa shape index (κ3) is 6.51. The van der Waals surface area contributed by atoms with E-state index in [1.165, 1.54) is 11.3 Å². The van der Waals surface area contributed by atoms with Crippen LogP contribution in [-0.2, 0) is 24.8 Å². The monoisotopic (exact) mass is 547 g/mol. The van der Waals surface area contributed by atoms with E-state index < -0.39 is 8.77 Å². The number of carbonyl (C=O) groups is 1. The minimum absolute atomic E-state index is 0.0165. The van der Waals surface area contributed by atoms with Crippen molar-refractivity contribution in [3.8, 4) is 5.75 Å². The first-order valence-electron chi connectivity index (χ1n) is 12.1. The average molecular weight is 548 g/mol. The van der Waals surface area contributed by atoms with Gasteiger partial charge in [0.15, 0.2) is 5.13 Å². The van der Waals surface area contributed by atoms with Crippen LogP contribution in [0.5, 0.6) is 5.75 Å². The predicted molar refractivity (Wildman–Crippen MR) is 151 cm³/mol. The molecule has 1 amide bonds. The van der Waals surface area contributed by atoms with Gasteiger partial charge in [0, 0.05) is 61.2 Å². The summed E-state index contributed by atoms with van der Waals surface area (Å²) in [6, 6.07) is 13.4. The fourth-order valence-electron chi connectivity index (χ4n) is 4.05. The van der Waals surface area contributed by atoms with Crippen LogP contribution in [0.15, 0.2) is 47.4 Å². The second kappa shape index (κ2) is 11.4. The fraction of sp³-hybridized carbons (Fsp3) is 0.440. The Labute approximate surface area is 221 Å². The molecule has 0 saturated carbocycles. The third-order valence-corrected chi connectivity index (χ3v) is 9.09. The van der Waals surface area contributed by atoms with E-state index in [0.29, 0.717) is 40.9 Å². The number of rotatable bonds is 11. The van der Waals surface area contributed by atoms with Crippen LogP contribution in [0.1, 0.15) is 27.7 Å². The minimum Gasteiger partial charge on any atom is -0.397 e. The van der Waals surface area contributed by atoms with Gasteiger partial charge in [-0.05, 0) is 64.1 Å². The Bertz CT molecular complexity index is 1290. The van der Waals surface area contributed by atoms with E-state index >= 15 is 0 Å². The molecule has 0 aliphatic carbocycles. The number of hydrogen-bond acceptors (Lipinski definition) is 9. The SMILES string of the molecule is CC(C)N(CCNc1ccc(S(=O)(=S)Oc2ccc3nc(NC(=O)C4CNC4)sc3c2)cc1)C(C)C. The Balaban J connectivity index is 1.37. The molecule has 0 radical (unpaired) electrons. The van der Waals surface area contributed by atoms with Crippen molar-refractivity contribution in [2.75, 3.05) is 36.8 Å². The zero-order valence-corrected chi connectivity index (χ0v) is 23.4. The van der Waals surface area contributed by atoms with Crippen molar-refractivity contribution in [3.05, 3.63) is 42.5 Å². The number of benzene rings is 2. The molecule has 2 aromatic carbocycles. The molecule has 1 aromatic heterocycles. The first-order valence-corrected chi connectivity index (χ1v) is 15.3. The quantitative estimate of drug-likeness (QED) is 0.331. The molecule has 1 aliphatic rings. The zero-order chi connectivity index (χ0) is 25.9. The molecule has 0 bridgehead atoms. The van der Waals surface area contributed by atoms with Gasteiger partial charge < -0.3 is 20.1 Å². The Morgan fingerprint density at radius 1 is 1.19 bits per heavy atom. The molecular weight excluding hydrogens is 515 g/mol. The second-order valence-corrected chi connectivity index (χ2v) is 13.3. The van der Waals surface area contributed by atoms with Gasteiger partial charge in [-0.1, -0.05) is 11.3 Å². The van der Waals surface area contributed by atoms with E-state index in [1.807, 2.05) is 12.1 Å². The molecule has 8 nitrogen and oxygen atoms in total. The Morgan fingerprint density at radius 3 is 2.50 bits per heavy atom. The summed E-state index contributed by atoms with van der Waals surface area (Å²) < 4.78 is 19.8. The molecule has 194 valence electrons. The summed E-state index contributed by atoms with van der Waals surface area (Å²) in [6.45, 7) is 11.9. The summed E-state index contributed by atoms with van der Waals surface area (Å²) in [4.78, 5) is 19.5. The van der Waals surface area contributed by atoms with Crippen molar-refractivity contribution in [1.82, 2.24) is 15.2 Å². The van der Waals surface area contributed by atoms with Gasteiger partial charge in [0.1, 0.15) is 5.75 Å². The molecule has 1 aliphatic heterocycles. The van der Waals surface area contributed by atoms with Crippen LogP contribution in [0.4, 0.5) is 10.8 Å². The molecule has 0 spiro atoms. The maximum Gasteiger partial charge on any atom is 0.231 e. The molecule has 1 fully saturated rings. The topological polar surface area (TPSA) is 95.6 Å². The van der Waals surface area contributed by atoms with E-state index in [0.717, 1.165) is 29.0 Å². The Kier molecular flexibility index (Phi) is 8.46. The first-order chi connectivity index (χ1) is 17.1. The van der Waals surface area contributed by atoms with Gasteiger partial charge in [0.2, 0.25) is 14.7 Å². The highest BCUT2D eigenvalue weighted by atomic mass is 32.8. The Hall–Kier alpha value is -2.31. The van der Waals surface area contributed by atoms with Gasteiger partial charge in [-0.25, -0.2) is 9.19 Å². The van der Waals surface area contributed by atoms with Gasteiger partial charge in [-0.3, -0.25) is 9.69 Å². The largest absolute Gasteiger partial charge is 0.397 e. The van der Waals surface area contributed by atoms with Gasteiger partial charge in [0.25, 0.3) is 0 Å². The molecular formula is C25H33N5O3S3. The number of aromatic nitrogens is 1.